The Labute approximate surface area is 156 Å². The van der Waals surface area contributed by atoms with E-state index in [1.165, 1.54) is 0 Å². The van der Waals surface area contributed by atoms with Gasteiger partial charge in [0.1, 0.15) is 0 Å². The fourth-order valence-corrected chi connectivity index (χ4v) is 2.08. The minimum absolute atomic E-state index is 0. The zero-order valence-corrected chi connectivity index (χ0v) is 16.7. The zero-order chi connectivity index (χ0) is 15.9. The summed E-state index contributed by atoms with van der Waals surface area (Å²) in [7, 11) is 1.79. The molecule has 1 unspecified atom stereocenters. The summed E-state index contributed by atoms with van der Waals surface area (Å²) in [6.07, 6.45) is 0.923. The number of hydrogen-bond donors (Lipinski definition) is 2. The van der Waals surface area contributed by atoms with Crippen molar-refractivity contribution in [2.45, 2.75) is 39.8 Å². The number of fused-ring (bicyclic) bond motifs is 1. The molecular formula is C17H28IN3O2. The lowest BCUT2D eigenvalue weighted by atomic mass is 10.1. The minimum atomic E-state index is 0. The van der Waals surface area contributed by atoms with E-state index in [0.29, 0.717) is 31.7 Å². The lowest BCUT2D eigenvalue weighted by Crippen LogP contribution is -2.43. The summed E-state index contributed by atoms with van der Waals surface area (Å²) in [5.41, 5.74) is 1.14. The molecule has 0 bridgehead atoms. The largest absolute Gasteiger partial charge is 0.490 e. The molecule has 1 aromatic carbocycles. The maximum atomic E-state index is 5.72. The van der Waals surface area contributed by atoms with Gasteiger partial charge in [-0.05, 0) is 30.5 Å². The smallest absolute Gasteiger partial charge is 0.191 e. The van der Waals surface area contributed by atoms with E-state index < -0.39 is 0 Å². The molecule has 1 aliphatic heterocycles. The monoisotopic (exact) mass is 433 g/mol. The Morgan fingerprint density at radius 1 is 1.17 bits per heavy atom. The van der Waals surface area contributed by atoms with E-state index in [1.807, 2.05) is 12.1 Å². The van der Waals surface area contributed by atoms with Gasteiger partial charge in [-0.1, -0.05) is 19.9 Å². The molecule has 23 heavy (non-hydrogen) atoms. The maximum absolute atomic E-state index is 5.72. The van der Waals surface area contributed by atoms with E-state index in [1.54, 1.807) is 7.05 Å². The number of guanidine groups is 1. The highest BCUT2D eigenvalue weighted by molar-refractivity contribution is 14.0. The Bertz CT molecular complexity index is 521. The molecule has 1 heterocycles. The van der Waals surface area contributed by atoms with Crippen LogP contribution in [-0.2, 0) is 6.54 Å². The van der Waals surface area contributed by atoms with Crippen LogP contribution in [0.5, 0.6) is 11.5 Å². The van der Waals surface area contributed by atoms with E-state index in [2.05, 4.69) is 42.5 Å². The molecule has 0 aromatic heterocycles. The van der Waals surface area contributed by atoms with Gasteiger partial charge < -0.3 is 20.1 Å². The van der Waals surface area contributed by atoms with Gasteiger partial charge in [-0.15, -0.1) is 24.0 Å². The first-order valence-corrected chi connectivity index (χ1v) is 7.96. The van der Waals surface area contributed by atoms with Gasteiger partial charge in [0, 0.05) is 26.1 Å². The lowest BCUT2D eigenvalue weighted by molar-refractivity contribution is 0.297. The fraction of sp³-hybridized carbons (Fsp3) is 0.588. The van der Waals surface area contributed by atoms with Gasteiger partial charge in [0.15, 0.2) is 17.5 Å². The van der Waals surface area contributed by atoms with Crippen molar-refractivity contribution in [2.24, 2.45) is 10.9 Å². The van der Waals surface area contributed by atoms with E-state index in [4.69, 9.17) is 9.47 Å². The summed E-state index contributed by atoms with van der Waals surface area (Å²) in [5.74, 6) is 3.03. The van der Waals surface area contributed by atoms with Crippen LogP contribution < -0.4 is 20.1 Å². The van der Waals surface area contributed by atoms with Crippen molar-refractivity contribution < 1.29 is 9.47 Å². The molecule has 0 fully saturated rings. The van der Waals surface area contributed by atoms with E-state index in [-0.39, 0.29) is 24.0 Å². The quantitative estimate of drug-likeness (QED) is 0.435. The molecule has 0 saturated heterocycles. The van der Waals surface area contributed by atoms with Crippen LogP contribution in [0.25, 0.3) is 0 Å². The molecule has 0 amide bonds. The van der Waals surface area contributed by atoms with Gasteiger partial charge in [-0.25, -0.2) is 0 Å². The SMILES string of the molecule is CN=C(NCc1ccc2c(c1)OCCCO2)NC(C)C(C)C.I. The molecule has 0 radical (unpaired) electrons. The summed E-state index contributed by atoms with van der Waals surface area (Å²) < 4.78 is 11.4. The Morgan fingerprint density at radius 3 is 2.52 bits per heavy atom. The number of ether oxygens (including phenoxy) is 2. The number of nitrogens with one attached hydrogen (secondary N) is 2. The summed E-state index contributed by atoms with van der Waals surface area (Å²) in [6, 6.07) is 6.44. The van der Waals surface area contributed by atoms with Crippen molar-refractivity contribution in [3.63, 3.8) is 0 Å². The van der Waals surface area contributed by atoms with Crippen LogP contribution in [0.15, 0.2) is 23.2 Å². The third-order valence-electron chi connectivity index (χ3n) is 3.86. The molecule has 2 rings (SSSR count). The van der Waals surface area contributed by atoms with Crippen molar-refractivity contribution in [3.05, 3.63) is 23.8 Å². The average Bonchev–Trinajstić information content (AvgIpc) is 2.75. The average molecular weight is 433 g/mol. The molecule has 0 saturated carbocycles. The van der Waals surface area contributed by atoms with Crippen LogP contribution in [0.4, 0.5) is 0 Å². The third-order valence-corrected chi connectivity index (χ3v) is 3.86. The lowest BCUT2D eigenvalue weighted by Gasteiger charge is -2.21. The molecule has 0 spiro atoms. The number of nitrogens with zero attached hydrogens (tertiary/aromatic N) is 1. The van der Waals surface area contributed by atoms with Gasteiger partial charge in [0.25, 0.3) is 0 Å². The van der Waals surface area contributed by atoms with Crippen molar-refractivity contribution in [3.8, 4) is 11.5 Å². The first-order valence-electron chi connectivity index (χ1n) is 7.96. The van der Waals surface area contributed by atoms with Crippen molar-refractivity contribution in [1.82, 2.24) is 10.6 Å². The molecule has 1 aliphatic rings. The first kappa shape index (κ1) is 19.9. The highest BCUT2D eigenvalue weighted by Gasteiger charge is 2.12. The fourth-order valence-electron chi connectivity index (χ4n) is 2.08. The number of aliphatic imine (C=N–C) groups is 1. The van der Waals surface area contributed by atoms with Crippen LogP contribution in [0.1, 0.15) is 32.8 Å². The van der Waals surface area contributed by atoms with Crippen molar-refractivity contribution in [1.29, 1.82) is 0 Å². The predicted octanol–water partition coefficient (Wildman–Crippen LogP) is 3.18. The molecule has 0 aliphatic carbocycles. The number of benzene rings is 1. The third kappa shape index (κ3) is 6.08. The highest BCUT2D eigenvalue weighted by Crippen LogP contribution is 2.30. The second-order valence-electron chi connectivity index (χ2n) is 5.93. The molecule has 1 atom stereocenters. The molecule has 130 valence electrons. The summed E-state index contributed by atoms with van der Waals surface area (Å²) in [5, 5.41) is 6.73. The van der Waals surface area contributed by atoms with E-state index in [0.717, 1.165) is 29.4 Å². The van der Waals surface area contributed by atoms with Crippen LogP contribution >= 0.6 is 24.0 Å². The summed E-state index contributed by atoms with van der Waals surface area (Å²) in [6.45, 7) is 8.66. The van der Waals surface area contributed by atoms with Crippen molar-refractivity contribution in [2.75, 3.05) is 20.3 Å². The second kappa shape index (κ2) is 9.85. The minimum Gasteiger partial charge on any atom is -0.490 e. The van der Waals surface area contributed by atoms with Gasteiger partial charge >= 0.3 is 0 Å². The predicted molar refractivity (Wildman–Crippen MR) is 105 cm³/mol. The van der Waals surface area contributed by atoms with Crippen LogP contribution in [0, 0.1) is 5.92 Å². The molecular weight excluding hydrogens is 405 g/mol. The molecule has 1 aromatic rings. The van der Waals surface area contributed by atoms with Crippen LogP contribution in [-0.4, -0.2) is 32.3 Å². The molecule has 6 heteroatoms. The van der Waals surface area contributed by atoms with Crippen molar-refractivity contribution >= 4 is 29.9 Å². The highest BCUT2D eigenvalue weighted by atomic mass is 127. The van der Waals surface area contributed by atoms with Gasteiger partial charge in [0.05, 0.1) is 13.2 Å². The molecule has 5 nitrogen and oxygen atoms in total. The maximum Gasteiger partial charge on any atom is 0.191 e. The number of hydrogen-bond acceptors (Lipinski definition) is 3. The topological polar surface area (TPSA) is 54.9 Å². The Balaban J connectivity index is 0.00000264. The number of rotatable bonds is 4. The van der Waals surface area contributed by atoms with Gasteiger partial charge in [-0.2, -0.15) is 0 Å². The Hall–Kier alpha value is -1.18. The normalized spacial score (nSPS) is 15.4. The second-order valence-corrected chi connectivity index (χ2v) is 5.93. The van der Waals surface area contributed by atoms with E-state index in [9.17, 15) is 0 Å². The summed E-state index contributed by atoms with van der Waals surface area (Å²) >= 11 is 0. The Kier molecular flexibility index (Phi) is 8.51. The van der Waals surface area contributed by atoms with Gasteiger partial charge in [0.2, 0.25) is 0 Å². The Morgan fingerprint density at radius 2 is 1.87 bits per heavy atom. The van der Waals surface area contributed by atoms with E-state index >= 15 is 0 Å². The van der Waals surface area contributed by atoms with Crippen LogP contribution in [0.2, 0.25) is 0 Å². The molecule has 2 N–H and O–H groups in total. The zero-order valence-electron chi connectivity index (χ0n) is 14.4. The van der Waals surface area contributed by atoms with Crippen LogP contribution in [0.3, 0.4) is 0 Å². The summed E-state index contributed by atoms with van der Waals surface area (Å²) in [4.78, 5) is 4.27. The standard InChI is InChI=1S/C17H27N3O2.HI/c1-12(2)13(3)20-17(18-4)19-11-14-6-7-15-16(10-14)22-9-5-8-21-15;/h6-7,10,12-13H,5,8-9,11H2,1-4H3,(H2,18,19,20);1H. The van der Waals surface area contributed by atoms with Gasteiger partial charge in [-0.3, -0.25) is 4.99 Å². The number of halogens is 1. The first-order chi connectivity index (χ1) is 10.6.